The molecule has 2 amide bonds. The van der Waals surface area contributed by atoms with Crippen LogP contribution in [0, 0.1) is 3.57 Å². The van der Waals surface area contributed by atoms with Gasteiger partial charge in [-0.15, -0.1) is 11.3 Å². The van der Waals surface area contributed by atoms with Gasteiger partial charge in [-0.25, -0.2) is 0 Å². The molecule has 0 saturated carbocycles. The van der Waals surface area contributed by atoms with E-state index in [1.165, 1.54) is 16.2 Å². The Kier molecular flexibility index (Phi) is 2.87. The largest absolute Gasteiger partial charge is 0.278 e. The van der Waals surface area contributed by atoms with Crippen LogP contribution in [-0.4, -0.2) is 23.3 Å². The lowest BCUT2D eigenvalue weighted by Gasteiger charge is -2.11. The fourth-order valence-corrected chi connectivity index (χ4v) is 3.20. The topological polar surface area (TPSA) is 37.4 Å². The lowest BCUT2D eigenvalue weighted by molar-refractivity contribution is -0.125. The molecule has 0 atom stereocenters. The van der Waals surface area contributed by atoms with Gasteiger partial charge in [0.2, 0.25) is 5.91 Å². The van der Waals surface area contributed by atoms with Crippen molar-refractivity contribution in [1.82, 2.24) is 4.90 Å². The first-order valence-corrected chi connectivity index (χ1v) is 6.23. The Morgan fingerprint density at radius 1 is 1.57 bits per heavy atom. The first kappa shape index (κ1) is 10.1. The molecule has 0 spiro atoms. The minimum atomic E-state index is -0.132. The molecule has 0 radical (unpaired) electrons. The molecule has 2 heterocycles. The SMILES string of the molecule is O=C1CCCN1C(=O)c1sccc1I. The summed E-state index contributed by atoms with van der Waals surface area (Å²) in [5, 5.41) is 1.87. The van der Waals surface area contributed by atoms with Crippen LogP contribution in [0.2, 0.25) is 0 Å². The van der Waals surface area contributed by atoms with E-state index in [0.717, 1.165) is 9.99 Å². The van der Waals surface area contributed by atoms with E-state index in [1.54, 1.807) is 0 Å². The molecule has 14 heavy (non-hydrogen) atoms. The van der Waals surface area contributed by atoms with Crippen molar-refractivity contribution in [3.8, 4) is 0 Å². The van der Waals surface area contributed by atoms with Gasteiger partial charge in [-0.05, 0) is 40.5 Å². The van der Waals surface area contributed by atoms with Crippen LogP contribution in [0.1, 0.15) is 22.5 Å². The molecule has 1 aliphatic rings. The van der Waals surface area contributed by atoms with E-state index < -0.39 is 0 Å². The van der Waals surface area contributed by atoms with Gasteiger partial charge in [0, 0.05) is 16.5 Å². The number of amides is 2. The molecule has 2 rings (SSSR count). The van der Waals surface area contributed by atoms with Crippen molar-refractivity contribution in [1.29, 1.82) is 0 Å². The molecule has 0 unspecified atom stereocenters. The number of likely N-dealkylation sites (tertiary alicyclic amines) is 1. The molecular formula is C9H8INO2S. The van der Waals surface area contributed by atoms with E-state index in [4.69, 9.17) is 0 Å². The number of carbonyl (C=O) groups excluding carboxylic acids is 2. The average molecular weight is 321 g/mol. The van der Waals surface area contributed by atoms with Gasteiger partial charge in [0.25, 0.3) is 5.91 Å². The van der Waals surface area contributed by atoms with E-state index in [9.17, 15) is 9.59 Å². The molecular weight excluding hydrogens is 313 g/mol. The number of imide groups is 1. The van der Waals surface area contributed by atoms with E-state index >= 15 is 0 Å². The van der Waals surface area contributed by atoms with Gasteiger partial charge in [-0.2, -0.15) is 0 Å². The van der Waals surface area contributed by atoms with Crippen LogP contribution in [0.25, 0.3) is 0 Å². The molecule has 0 aliphatic carbocycles. The number of carbonyl (C=O) groups is 2. The minimum Gasteiger partial charge on any atom is -0.278 e. The number of hydrogen-bond donors (Lipinski definition) is 0. The van der Waals surface area contributed by atoms with Gasteiger partial charge in [0.1, 0.15) is 4.88 Å². The maximum atomic E-state index is 11.9. The number of rotatable bonds is 1. The second-order valence-electron chi connectivity index (χ2n) is 3.05. The molecule has 0 aromatic carbocycles. The second-order valence-corrected chi connectivity index (χ2v) is 5.13. The Hall–Kier alpha value is -0.430. The molecule has 5 heteroatoms. The lowest BCUT2D eigenvalue weighted by Crippen LogP contribution is -2.31. The van der Waals surface area contributed by atoms with E-state index in [-0.39, 0.29) is 11.8 Å². The Bertz CT molecular complexity index is 388. The van der Waals surface area contributed by atoms with Crippen LogP contribution in [0.5, 0.6) is 0 Å². The summed E-state index contributed by atoms with van der Waals surface area (Å²) in [5.74, 6) is -0.175. The van der Waals surface area contributed by atoms with Crippen molar-refractivity contribution >= 4 is 45.7 Å². The number of hydrogen-bond acceptors (Lipinski definition) is 3. The van der Waals surface area contributed by atoms with Crippen molar-refractivity contribution in [2.24, 2.45) is 0 Å². The van der Waals surface area contributed by atoms with Crippen LogP contribution >= 0.6 is 33.9 Å². The van der Waals surface area contributed by atoms with Crippen LogP contribution in [0.3, 0.4) is 0 Å². The Labute approximate surface area is 99.2 Å². The Morgan fingerprint density at radius 3 is 2.86 bits per heavy atom. The first-order chi connectivity index (χ1) is 6.70. The van der Waals surface area contributed by atoms with Crippen LogP contribution in [-0.2, 0) is 4.79 Å². The summed E-state index contributed by atoms with van der Waals surface area (Å²) in [7, 11) is 0. The van der Waals surface area contributed by atoms with Crippen LogP contribution in [0.4, 0.5) is 0 Å². The fraction of sp³-hybridized carbons (Fsp3) is 0.333. The third kappa shape index (κ3) is 1.70. The zero-order valence-corrected chi connectivity index (χ0v) is 10.3. The highest BCUT2D eigenvalue weighted by atomic mass is 127. The highest BCUT2D eigenvalue weighted by molar-refractivity contribution is 14.1. The predicted molar refractivity (Wildman–Crippen MR) is 62.3 cm³/mol. The Balaban J connectivity index is 2.24. The number of thiophene rings is 1. The van der Waals surface area contributed by atoms with Gasteiger partial charge in [-0.3, -0.25) is 14.5 Å². The molecule has 1 aliphatic heterocycles. The zero-order chi connectivity index (χ0) is 10.1. The van der Waals surface area contributed by atoms with Crippen molar-refractivity contribution < 1.29 is 9.59 Å². The molecule has 74 valence electrons. The zero-order valence-electron chi connectivity index (χ0n) is 7.33. The molecule has 3 nitrogen and oxygen atoms in total. The lowest BCUT2D eigenvalue weighted by atomic mass is 10.4. The summed E-state index contributed by atoms with van der Waals surface area (Å²) in [6.45, 7) is 0.575. The summed E-state index contributed by atoms with van der Waals surface area (Å²) < 4.78 is 0.928. The van der Waals surface area contributed by atoms with Gasteiger partial charge >= 0.3 is 0 Å². The van der Waals surface area contributed by atoms with Gasteiger partial charge in [0.05, 0.1) is 0 Å². The molecule has 1 fully saturated rings. The summed E-state index contributed by atoms with van der Waals surface area (Å²) in [4.78, 5) is 25.2. The predicted octanol–water partition coefficient (Wildman–Crippen LogP) is 2.12. The summed E-state index contributed by atoms with van der Waals surface area (Å²) in [5.41, 5.74) is 0. The van der Waals surface area contributed by atoms with E-state index in [0.29, 0.717) is 17.8 Å². The second kappa shape index (κ2) is 3.98. The average Bonchev–Trinajstić information content (AvgIpc) is 2.73. The minimum absolute atomic E-state index is 0.0424. The third-order valence-corrected chi connectivity index (χ3v) is 4.30. The standard InChI is InChI=1S/C9H8INO2S/c10-6-3-5-14-8(6)9(13)11-4-1-2-7(11)12/h3,5H,1-2,4H2. The van der Waals surface area contributed by atoms with Gasteiger partial charge in [0.15, 0.2) is 0 Å². The first-order valence-electron chi connectivity index (χ1n) is 4.28. The normalized spacial score (nSPS) is 16.4. The Morgan fingerprint density at radius 2 is 2.36 bits per heavy atom. The van der Waals surface area contributed by atoms with Crippen LogP contribution in [0.15, 0.2) is 11.4 Å². The van der Waals surface area contributed by atoms with Crippen molar-refractivity contribution in [3.63, 3.8) is 0 Å². The highest BCUT2D eigenvalue weighted by Crippen LogP contribution is 2.23. The van der Waals surface area contributed by atoms with Crippen LogP contribution < -0.4 is 0 Å². The monoisotopic (exact) mass is 321 g/mol. The summed E-state index contributed by atoms with van der Waals surface area (Å²) in [6, 6.07) is 1.89. The smallest absolute Gasteiger partial charge is 0.271 e. The van der Waals surface area contributed by atoms with Crippen molar-refractivity contribution in [2.75, 3.05) is 6.54 Å². The summed E-state index contributed by atoms with van der Waals surface area (Å²) >= 11 is 3.51. The quantitative estimate of drug-likeness (QED) is 0.587. The fourth-order valence-electron chi connectivity index (χ4n) is 1.43. The van der Waals surface area contributed by atoms with Gasteiger partial charge in [-0.1, -0.05) is 0 Å². The summed E-state index contributed by atoms with van der Waals surface area (Å²) in [6.07, 6.45) is 1.31. The van der Waals surface area contributed by atoms with E-state index in [1.807, 2.05) is 11.4 Å². The molecule has 1 aromatic heterocycles. The maximum absolute atomic E-state index is 11.9. The van der Waals surface area contributed by atoms with E-state index in [2.05, 4.69) is 22.6 Å². The maximum Gasteiger partial charge on any atom is 0.271 e. The van der Waals surface area contributed by atoms with Crippen molar-refractivity contribution in [3.05, 3.63) is 19.9 Å². The van der Waals surface area contributed by atoms with Gasteiger partial charge < -0.3 is 0 Å². The number of nitrogens with zero attached hydrogens (tertiary/aromatic N) is 1. The third-order valence-electron chi connectivity index (χ3n) is 2.13. The molecule has 1 saturated heterocycles. The molecule has 1 aromatic rings. The van der Waals surface area contributed by atoms with Crippen molar-refractivity contribution in [2.45, 2.75) is 12.8 Å². The molecule has 0 bridgehead atoms. The highest BCUT2D eigenvalue weighted by Gasteiger charge is 2.28. The number of halogens is 1. The molecule has 0 N–H and O–H groups in total.